The van der Waals surface area contributed by atoms with Crippen LogP contribution < -0.4 is 5.32 Å². The molecule has 3 aromatic heterocycles. The van der Waals surface area contributed by atoms with Gasteiger partial charge in [-0.2, -0.15) is 0 Å². The third kappa shape index (κ3) is 3.65. The molecule has 8 heteroatoms. The van der Waals surface area contributed by atoms with E-state index in [0.717, 1.165) is 5.56 Å². The highest BCUT2D eigenvalue weighted by Crippen LogP contribution is 2.19. The molecule has 124 valence electrons. The molecule has 8 nitrogen and oxygen atoms in total. The predicted molar refractivity (Wildman–Crippen MR) is 85.8 cm³/mol. The van der Waals surface area contributed by atoms with E-state index in [-0.39, 0.29) is 23.6 Å². The van der Waals surface area contributed by atoms with E-state index in [0.29, 0.717) is 12.3 Å². The largest absolute Gasteiger partial charge is 0.355 e. The Kier molecular flexibility index (Phi) is 4.64. The van der Waals surface area contributed by atoms with Crippen LogP contribution in [0.5, 0.6) is 0 Å². The lowest BCUT2D eigenvalue weighted by Crippen LogP contribution is -2.41. The summed E-state index contributed by atoms with van der Waals surface area (Å²) in [4.78, 5) is 16.5. The van der Waals surface area contributed by atoms with Gasteiger partial charge in [0, 0.05) is 30.2 Å². The Morgan fingerprint density at radius 3 is 2.92 bits per heavy atom. The number of hydrogen-bond acceptors (Lipinski definition) is 6. The quantitative estimate of drug-likeness (QED) is 0.741. The monoisotopic (exact) mass is 326 g/mol. The zero-order valence-corrected chi connectivity index (χ0v) is 13.5. The van der Waals surface area contributed by atoms with E-state index in [1.807, 2.05) is 19.9 Å². The molecule has 0 aliphatic rings. The number of carbonyl (C=O) groups excluding carboxylic acids is 1. The Labute approximate surface area is 138 Å². The van der Waals surface area contributed by atoms with Crippen molar-refractivity contribution < 1.29 is 9.32 Å². The number of nitrogens with one attached hydrogen (secondary N) is 1. The summed E-state index contributed by atoms with van der Waals surface area (Å²) < 4.78 is 6.93. The van der Waals surface area contributed by atoms with Crippen LogP contribution in [0.1, 0.15) is 24.3 Å². The van der Waals surface area contributed by atoms with Crippen LogP contribution >= 0.6 is 0 Å². The van der Waals surface area contributed by atoms with Gasteiger partial charge in [-0.15, -0.1) is 5.10 Å². The average molecular weight is 326 g/mol. The summed E-state index contributed by atoms with van der Waals surface area (Å²) in [5.41, 5.74) is 1.00. The number of aromatic nitrogens is 5. The third-order valence-electron chi connectivity index (χ3n) is 3.67. The van der Waals surface area contributed by atoms with Crippen molar-refractivity contribution in [3.8, 4) is 11.3 Å². The Morgan fingerprint density at radius 2 is 2.25 bits per heavy atom. The van der Waals surface area contributed by atoms with Crippen LogP contribution in [0, 0.1) is 5.92 Å². The first kappa shape index (κ1) is 15.9. The fourth-order valence-electron chi connectivity index (χ4n) is 2.22. The summed E-state index contributed by atoms with van der Waals surface area (Å²) in [6.45, 7) is 4.61. The molecule has 0 saturated heterocycles. The lowest BCUT2D eigenvalue weighted by atomic mass is 10.0. The summed E-state index contributed by atoms with van der Waals surface area (Å²) in [5.74, 6) is 0.446. The second kappa shape index (κ2) is 7.03. The summed E-state index contributed by atoms with van der Waals surface area (Å²) in [7, 11) is 0. The highest BCUT2D eigenvalue weighted by atomic mass is 16.5. The minimum Gasteiger partial charge on any atom is -0.355 e. The van der Waals surface area contributed by atoms with Gasteiger partial charge in [0.25, 0.3) is 5.91 Å². The summed E-state index contributed by atoms with van der Waals surface area (Å²) in [6.07, 6.45) is 6.70. The lowest BCUT2D eigenvalue weighted by molar-refractivity contribution is 0.0910. The van der Waals surface area contributed by atoms with Crippen molar-refractivity contribution in [3.63, 3.8) is 0 Å². The first-order valence-corrected chi connectivity index (χ1v) is 7.65. The zero-order valence-electron chi connectivity index (χ0n) is 13.5. The second-order valence-corrected chi connectivity index (χ2v) is 5.77. The maximum absolute atomic E-state index is 12.4. The van der Waals surface area contributed by atoms with E-state index >= 15 is 0 Å². The van der Waals surface area contributed by atoms with Crippen molar-refractivity contribution in [2.24, 2.45) is 5.92 Å². The van der Waals surface area contributed by atoms with Gasteiger partial charge in [-0.3, -0.25) is 14.5 Å². The molecule has 0 aliphatic heterocycles. The molecule has 24 heavy (non-hydrogen) atoms. The van der Waals surface area contributed by atoms with Gasteiger partial charge in [-0.05, 0) is 18.1 Å². The molecule has 0 spiro atoms. The maximum atomic E-state index is 12.4. The molecular weight excluding hydrogens is 308 g/mol. The van der Waals surface area contributed by atoms with Gasteiger partial charge in [0.2, 0.25) is 0 Å². The SMILES string of the molecule is CC(C)[C@H](Cn1ccnn1)NC(=O)c1cc(-c2cccnc2)on1. The Morgan fingerprint density at radius 1 is 1.38 bits per heavy atom. The normalized spacial score (nSPS) is 12.3. The molecule has 0 unspecified atom stereocenters. The van der Waals surface area contributed by atoms with Crippen molar-refractivity contribution in [1.29, 1.82) is 0 Å². The molecule has 0 radical (unpaired) electrons. The Hall–Kier alpha value is -3.03. The summed E-state index contributed by atoms with van der Waals surface area (Å²) in [5, 5.41) is 14.5. The molecule has 0 aromatic carbocycles. The molecule has 3 heterocycles. The highest BCUT2D eigenvalue weighted by Gasteiger charge is 2.21. The first-order valence-electron chi connectivity index (χ1n) is 7.65. The fraction of sp³-hybridized carbons (Fsp3) is 0.312. The molecule has 3 aromatic rings. The van der Waals surface area contributed by atoms with E-state index in [1.165, 1.54) is 0 Å². The predicted octanol–water partition coefficient (Wildman–Crippen LogP) is 1.78. The standard InChI is InChI=1S/C16H18N6O2/c1-11(2)14(10-22-7-6-18-21-22)19-16(23)13-8-15(24-20-13)12-4-3-5-17-9-12/h3-9,11,14H,10H2,1-2H3,(H,19,23)/t14-/m0/s1. The number of pyridine rings is 1. The van der Waals surface area contributed by atoms with Crippen molar-refractivity contribution in [1.82, 2.24) is 30.5 Å². The molecule has 1 atom stereocenters. The number of carbonyl (C=O) groups is 1. The van der Waals surface area contributed by atoms with E-state index in [1.54, 1.807) is 41.6 Å². The van der Waals surface area contributed by atoms with Crippen molar-refractivity contribution in [2.75, 3.05) is 0 Å². The van der Waals surface area contributed by atoms with Crippen LogP contribution in [0.2, 0.25) is 0 Å². The Bertz CT molecular complexity index is 782. The molecule has 1 amide bonds. The number of hydrogen-bond donors (Lipinski definition) is 1. The minimum atomic E-state index is -0.285. The van der Waals surface area contributed by atoms with E-state index in [4.69, 9.17) is 4.52 Å². The van der Waals surface area contributed by atoms with Crippen LogP contribution in [0.4, 0.5) is 0 Å². The van der Waals surface area contributed by atoms with Gasteiger partial charge < -0.3 is 9.84 Å². The second-order valence-electron chi connectivity index (χ2n) is 5.77. The average Bonchev–Trinajstić information content (AvgIpc) is 3.26. The molecular formula is C16H18N6O2. The summed E-state index contributed by atoms with van der Waals surface area (Å²) >= 11 is 0. The van der Waals surface area contributed by atoms with Crippen LogP contribution in [-0.4, -0.2) is 37.1 Å². The van der Waals surface area contributed by atoms with Crippen molar-refractivity contribution in [2.45, 2.75) is 26.4 Å². The highest BCUT2D eigenvalue weighted by molar-refractivity contribution is 5.93. The van der Waals surface area contributed by atoms with Crippen LogP contribution in [-0.2, 0) is 6.54 Å². The molecule has 0 saturated carbocycles. The number of amides is 1. The van der Waals surface area contributed by atoms with E-state index in [2.05, 4.69) is 25.8 Å². The van der Waals surface area contributed by atoms with Gasteiger partial charge >= 0.3 is 0 Å². The smallest absolute Gasteiger partial charge is 0.273 e. The Balaban J connectivity index is 1.70. The van der Waals surface area contributed by atoms with Crippen LogP contribution in [0.15, 0.2) is 47.5 Å². The first-order chi connectivity index (χ1) is 11.6. The zero-order chi connectivity index (χ0) is 16.9. The van der Waals surface area contributed by atoms with Gasteiger partial charge in [0.05, 0.1) is 18.8 Å². The van der Waals surface area contributed by atoms with Crippen LogP contribution in [0.3, 0.4) is 0 Å². The minimum absolute atomic E-state index is 0.0993. The van der Waals surface area contributed by atoms with Gasteiger partial charge in [0.15, 0.2) is 11.5 Å². The molecule has 3 rings (SSSR count). The molecule has 0 fully saturated rings. The van der Waals surface area contributed by atoms with E-state index in [9.17, 15) is 4.79 Å². The fourth-order valence-corrected chi connectivity index (χ4v) is 2.22. The van der Waals surface area contributed by atoms with Gasteiger partial charge in [0.1, 0.15) is 0 Å². The molecule has 1 N–H and O–H groups in total. The van der Waals surface area contributed by atoms with Gasteiger partial charge in [-0.25, -0.2) is 0 Å². The number of nitrogens with zero attached hydrogens (tertiary/aromatic N) is 5. The summed E-state index contributed by atoms with van der Waals surface area (Å²) in [6, 6.07) is 5.15. The maximum Gasteiger partial charge on any atom is 0.273 e. The lowest BCUT2D eigenvalue weighted by Gasteiger charge is -2.21. The van der Waals surface area contributed by atoms with Gasteiger partial charge in [-0.1, -0.05) is 24.2 Å². The number of rotatable bonds is 6. The molecule has 0 aliphatic carbocycles. The van der Waals surface area contributed by atoms with Crippen molar-refractivity contribution >= 4 is 5.91 Å². The van der Waals surface area contributed by atoms with Crippen molar-refractivity contribution in [3.05, 3.63) is 48.7 Å². The van der Waals surface area contributed by atoms with Crippen LogP contribution in [0.25, 0.3) is 11.3 Å². The third-order valence-corrected chi connectivity index (χ3v) is 3.67. The topological polar surface area (TPSA) is 98.7 Å². The molecule has 0 bridgehead atoms. The van der Waals surface area contributed by atoms with E-state index < -0.39 is 0 Å².